The van der Waals surface area contributed by atoms with E-state index in [0.717, 1.165) is 51.2 Å². The number of morpholine rings is 1. The van der Waals surface area contributed by atoms with Crippen LogP contribution in [-0.4, -0.2) is 42.7 Å². The molecule has 0 bridgehead atoms. The van der Waals surface area contributed by atoms with Crippen molar-refractivity contribution in [2.24, 2.45) is 0 Å². The average Bonchev–Trinajstić information content (AvgIpc) is 2.79. The maximum Gasteiger partial charge on any atom is 0.417 e. The third-order valence-corrected chi connectivity index (χ3v) is 3.53. The number of hydrogen-bond acceptors (Lipinski definition) is 4. The molecule has 0 atom stereocenters. The van der Waals surface area contributed by atoms with Crippen LogP contribution in [0.5, 0.6) is 0 Å². The number of aryl methyl sites for hydroxylation is 1. The minimum Gasteiger partial charge on any atom is -0.408 e. The maximum atomic E-state index is 11.1. The van der Waals surface area contributed by atoms with Crippen LogP contribution in [0.15, 0.2) is 27.4 Å². The van der Waals surface area contributed by atoms with Gasteiger partial charge in [-0.15, -0.1) is 0 Å². The van der Waals surface area contributed by atoms with Crippen LogP contribution in [-0.2, 0) is 11.2 Å². The Hall–Kier alpha value is -1.59. The first-order valence-electron chi connectivity index (χ1n) is 6.73. The molecule has 1 saturated heterocycles. The van der Waals surface area contributed by atoms with Crippen molar-refractivity contribution in [2.75, 3.05) is 32.8 Å². The summed E-state index contributed by atoms with van der Waals surface area (Å²) in [5.74, 6) is -0.388. The molecule has 102 valence electrons. The second-order valence-electron chi connectivity index (χ2n) is 4.90. The van der Waals surface area contributed by atoms with Crippen molar-refractivity contribution in [3.8, 4) is 0 Å². The van der Waals surface area contributed by atoms with Gasteiger partial charge in [0, 0.05) is 13.1 Å². The summed E-state index contributed by atoms with van der Waals surface area (Å²) < 4.78 is 10.4. The van der Waals surface area contributed by atoms with Crippen molar-refractivity contribution in [1.82, 2.24) is 9.88 Å². The largest absolute Gasteiger partial charge is 0.417 e. The van der Waals surface area contributed by atoms with Gasteiger partial charge in [0.15, 0.2) is 5.58 Å². The van der Waals surface area contributed by atoms with Crippen LogP contribution >= 0.6 is 0 Å². The van der Waals surface area contributed by atoms with Gasteiger partial charge < -0.3 is 9.15 Å². The molecule has 0 spiro atoms. The number of benzene rings is 1. The fraction of sp³-hybridized carbons (Fsp3) is 0.500. The predicted octanol–water partition coefficient (Wildman–Crippen LogP) is 1.39. The predicted molar refractivity (Wildman–Crippen MR) is 72.4 cm³/mol. The average molecular weight is 262 g/mol. The molecule has 2 aromatic rings. The minimum atomic E-state index is -0.388. The summed E-state index contributed by atoms with van der Waals surface area (Å²) in [6.45, 7) is 4.86. The standard InChI is InChI=1S/C14H18N2O3/c17-14-15-12-4-3-11(10-13(12)19-14)2-1-5-16-6-8-18-9-7-16/h3-4,10H,1-2,5-9H2,(H,15,17). The topological polar surface area (TPSA) is 58.5 Å². The van der Waals surface area contributed by atoms with Crippen molar-refractivity contribution in [3.63, 3.8) is 0 Å². The fourth-order valence-corrected chi connectivity index (χ4v) is 2.48. The molecule has 19 heavy (non-hydrogen) atoms. The molecule has 3 rings (SSSR count). The lowest BCUT2D eigenvalue weighted by atomic mass is 10.1. The molecule has 1 fully saturated rings. The molecule has 2 heterocycles. The number of aromatic nitrogens is 1. The monoisotopic (exact) mass is 262 g/mol. The fourth-order valence-electron chi connectivity index (χ4n) is 2.48. The van der Waals surface area contributed by atoms with E-state index >= 15 is 0 Å². The number of H-pyrrole nitrogens is 1. The van der Waals surface area contributed by atoms with Crippen LogP contribution in [0.1, 0.15) is 12.0 Å². The molecular weight excluding hydrogens is 244 g/mol. The van der Waals surface area contributed by atoms with Gasteiger partial charge in [-0.3, -0.25) is 9.88 Å². The third kappa shape index (κ3) is 3.05. The zero-order chi connectivity index (χ0) is 13.1. The van der Waals surface area contributed by atoms with Gasteiger partial charge in [0.05, 0.1) is 18.7 Å². The van der Waals surface area contributed by atoms with Gasteiger partial charge in [0.2, 0.25) is 0 Å². The van der Waals surface area contributed by atoms with Gasteiger partial charge in [0.1, 0.15) is 0 Å². The highest BCUT2D eigenvalue weighted by atomic mass is 16.5. The molecule has 1 aromatic carbocycles. The Kier molecular flexibility index (Phi) is 3.66. The van der Waals surface area contributed by atoms with Gasteiger partial charge in [0.25, 0.3) is 0 Å². The van der Waals surface area contributed by atoms with Gasteiger partial charge in [-0.2, -0.15) is 0 Å². The van der Waals surface area contributed by atoms with E-state index in [1.165, 1.54) is 5.56 Å². The first kappa shape index (κ1) is 12.4. The van der Waals surface area contributed by atoms with Crippen molar-refractivity contribution in [3.05, 3.63) is 34.3 Å². The van der Waals surface area contributed by atoms with Gasteiger partial charge in [-0.05, 0) is 37.1 Å². The Morgan fingerprint density at radius 3 is 2.95 bits per heavy atom. The molecule has 0 aliphatic carbocycles. The van der Waals surface area contributed by atoms with E-state index in [0.29, 0.717) is 5.58 Å². The smallest absolute Gasteiger partial charge is 0.408 e. The Balaban J connectivity index is 1.57. The summed E-state index contributed by atoms with van der Waals surface area (Å²) >= 11 is 0. The summed E-state index contributed by atoms with van der Waals surface area (Å²) in [4.78, 5) is 16.2. The van der Waals surface area contributed by atoms with Crippen molar-refractivity contribution in [2.45, 2.75) is 12.8 Å². The normalized spacial score (nSPS) is 17.1. The third-order valence-electron chi connectivity index (χ3n) is 3.53. The Labute approximate surface area is 111 Å². The second-order valence-corrected chi connectivity index (χ2v) is 4.90. The molecule has 1 aliphatic heterocycles. The van der Waals surface area contributed by atoms with Crippen LogP contribution in [0.3, 0.4) is 0 Å². The van der Waals surface area contributed by atoms with Gasteiger partial charge >= 0.3 is 5.76 Å². The second kappa shape index (κ2) is 5.59. The first-order valence-corrected chi connectivity index (χ1v) is 6.73. The number of rotatable bonds is 4. The summed E-state index contributed by atoms with van der Waals surface area (Å²) in [6, 6.07) is 5.91. The molecule has 5 nitrogen and oxygen atoms in total. The van der Waals surface area contributed by atoms with E-state index in [2.05, 4.69) is 9.88 Å². The Morgan fingerprint density at radius 2 is 2.11 bits per heavy atom. The number of hydrogen-bond donors (Lipinski definition) is 1. The van der Waals surface area contributed by atoms with Crippen LogP contribution in [0.2, 0.25) is 0 Å². The highest BCUT2D eigenvalue weighted by Crippen LogP contribution is 2.14. The molecule has 5 heteroatoms. The Bertz CT molecular complexity index is 596. The quantitative estimate of drug-likeness (QED) is 0.904. The van der Waals surface area contributed by atoms with E-state index < -0.39 is 0 Å². The zero-order valence-corrected chi connectivity index (χ0v) is 10.9. The Morgan fingerprint density at radius 1 is 1.26 bits per heavy atom. The molecular formula is C14H18N2O3. The number of fused-ring (bicyclic) bond motifs is 1. The first-order chi connectivity index (χ1) is 9.31. The van der Waals surface area contributed by atoms with Crippen LogP contribution in [0.25, 0.3) is 11.1 Å². The molecule has 0 amide bonds. The van der Waals surface area contributed by atoms with Gasteiger partial charge in [-0.1, -0.05) is 6.07 Å². The summed E-state index contributed by atoms with van der Waals surface area (Å²) in [7, 11) is 0. The molecule has 1 N–H and O–H groups in total. The summed E-state index contributed by atoms with van der Waals surface area (Å²) in [6.07, 6.45) is 2.11. The highest BCUT2D eigenvalue weighted by Gasteiger charge is 2.09. The SMILES string of the molecule is O=c1[nH]c2ccc(CCCN3CCOCC3)cc2o1. The van der Waals surface area contributed by atoms with Crippen LogP contribution < -0.4 is 5.76 Å². The molecule has 0 radical (unpaired) electrons. The van der Waals surface area contributed by atoms with Crippen LogP contribution in [0, 0.1) is 0 Å². The highest BCUT2D eigenvalue weighted by molar-refractivity contribution is 5.72. The minimum absolute atomic E-state index is 0.388. The molecule has 0 unspecified atom stereocenters. The number of nitrogens with zero attached hydrogens (tertiary/aromatic N) is 1. The zero-order valence-electron chi connectivity index (χ0n) is 10.9. The van der Waals surface area contributed by atoms with Crippen molar-refractivity contribution >= 4 is 11.1 Å². The number of aromatic amines is 1. The van der Waals surface area contributed by atoms with E-state index in [-0.39, 0.29) is 5.76 Å². The number of nitrogens with one attached hydrogen (secondary N) is 1. The molecule has 0 saturated carbocycles. The maximum absolute atomic E-state index is 11.1. The molecule has 1 aliphatic rings. The summed E-state index contributed by atoms with van der Waals surface area (Å²) in [5.41, 5.74) is 2.62. The van der Waals surface area contributed by atoms with Crippen molar-refractivity contribution in [1.29, 1.82) is 0 Å². The lowest BCUT2D eigenvalue weighted by molar-refractivity contribution is 0.0375. The number of ether oxygens (including phenoxy) is 1. The van der Waals surface area contributed by atoms with E-state index in [4.69, 9.17) is 9.15 Å². The summed E-state index contributed by atoms with van der Waals surface area (Å²) in [5, 5.41) is 0. The molecule has 1 aromatic heterocycles. The lowest BCUT2D eigenvalue weighted by Crippen LogP contribution is -2.36. The van der Waals surface area contributed by atoms with E-state index in [1.54, 1.807) is 0 Å². The lowest BCUT2D eigenvalue weighted by Gasteiger charge is -2.26. The van der Waals surface area contributed by atoms with Gasteiger partial charge in [-0.25, -0.2) is 4.79 Å². The number of oxazole rings is 1. The van der Waals surface area contributed by atoms with E-state index in [1.807, 2.05) is 18.2 Å². The van der Waals surface area contributed by atoms with E-state index in [9.17, 15) is 4.79 Å². The van der Waals surface area contributed by atoms with Crippen LogP contribution in [0.4, 0.5) is 0 Å². The van der Waals surface area contributed by atoms with Crippen molar-refractivity contribution < 1.29 is 9.15 Å².